The van der Waals surface area contributed by atoms with Crippen molar-refractivity contribution in [1.82, 2.24) is 4.90 Å². The third-order valence-electron chi connectivity index (χ3n) is 3.10. The molecule has 0 bridgehead atoms. The van der Waals surface area contributed by atoms with Gasteiger partial charge in [-0.05, 0) is 13.0 Å². The third kappa shape index (κ3) is 4.61. The van der Waals surface area contributed by atoms with Crippen LogP contribution in [0.25, 0.3) is 0 Å². The number of nitrogens with zero attached hydrogens (tertiary/aromatic N) is 1. The molecule has 3 N–H and O–H groups in total. The molecule has 0 radical (unpaired) electrons. The largest absolute Gasteiger partial charge is 0.494 e. The van der Waals surface area contributed by atoms with Crippen molar-refractivity contribution >= 4 is 11.4 Å². The molecule has 2 rings (SSSR count). The summed E-state index contributed by atoms with van der Waals surface area (Å²) < 4.78 is 10.8. The molecule has 0 spiro atoms. The lowest BCUT2D eigenvalue weighted by molar-refractivity contribution is 0.0398. The number of benzene rings is 1. The molecule has 1 aromatic carbocycles. The van der Waals surface area contributed by atoms with E-state index in [1.54, 1.807) is 0 Å². The fourth-order valence-corrected chi connectivity index (χ4v) is 2.16. The van der Waals surface area contributed by atoms with E-state index in [1.807, 2.05) is 25.1 Å². The average molecular weight is 265 g/mol. The summed E-state index contributed by atoms with van der Waals surface area (Å²) >= 11 is 0. The number of hydrogen-bond donors (Lipinski definition) is 2. The summed E-state index contributed by atoms with van der Waals surface area (Å²) in [4.78, 5) is 2.40. The highest BCUT2D eigenvalue weighted by molar-refractivity contribution is 5.59. The number of hydrogen-bond acceptors (Lipinski definition) is 5. The summed E-state index contributed by atoms with van der Waals surface area (Å²) in [7, 11) is 0. The lowest BCUT2D eigenvalue weighted by Gasteiger charge is -2.26. The van der Waals surface area contributed by atoms with Crippen LogP contribution in [0.5, 0.6) is 5.75 Å². The van der Waals surface area contributed by atoms with E-state index < -0.39 is 0 Å². The van der Waals surface area contributed by atoms with Crippen LogP contribution in [0.4, 0.5) is 11.4 Å². The second-order valence-electron chi connectivity index (χ2n) is 4.60. The fraction of sp³-hybridized carbons (Fsp3) is 0.571. The second-order valence-corrected chi connectivity index (χ2v) is 4.60. The molecule has 0 aromatic heterocycles. The Bertz CT molecular complexity index is 392. The van der Waals surface area contributed by atoms with Crippen molar-refractivity contribution in [3.63, 3.8) is 0 Å². The van der Waals surface area contributed by atoms with Crippen LogP contribution >= 0.6 is 0 Å². The number of nitrogens with one attached hydrogen (secondary N) is 1. The fourth-order valence-electron chi connectivity index (χ4n) is 2.16. The van der Waals surface area contributed by atoms with Crippen molar-refractivity contribution in [2.45, 2.75) is 6.92 Å². The quantitative estimate of drug-likeness (QED) is 0.762. The molecule has 19 heavy (non-hydrogen) atoms. The van der Waals surface area contributed by atoms with Crippen LogP contribution in [0.2, 0.25) is 0 Å². The predicted molar refractivity (Wildman–Crippen MR) is 77.8 cm³/mol. The summed E-state index contributed by atoms with van der Waals surface area (Å²) in [6, 6.07) is 5.76. The first-order chi connectivity index (χ1) is 9.28. The zero-order valence-corrected chi connectivity index (χ0v) is 11.5. The maximum Gasteiger partial charge on any atom is 0.123 e. The summed E-state index contributed by atoms with van der Waals surface area (Å²) in [6.07, 6.45) is 0. The van der Waals surface area contributed by atoms with Crippen molar-refractivity contribution in [2.75, 3.05) is 57.1 Å². The normalized spacial score (nSPS) is 16.3. The minimum absolute atomic E-state index is 0.649. The smallest absolute Gasteiger partial charge is 0.123 e. The van der Waals surface area contributed by atoms with Crippen LogP contribution in [0.15, 0.2) is 18.2 Å². The number of nitrogens with two attached hydrogens (primary N) is 1. The molecule has 0 unspecified atom stereocenters. The molecule has 0 saturated carbocycles. The van der Waals surface area contributed by atoms with Crippen LogP contribution in [0.1, 0.15) is 6.92 Å². The Kier molecular flexibility index (Phi) is 5.30. The number of morpholine rings is 1. The predicted octanol–water partition coefficient (Wildman–Crippen LogP) is 1.41. The Hall–Kier alpha value is -1.46. The molecule has 1 aromatic rings. The van der Waals surface area contributed by atoms with Gasteiger partial charge >= 0.3 is 0 Å². The maximum absolute atomic E-state index is 5.86. The van der Waals surface area contributed by atoms with Gasteiger partial charge in [-0.25, -0.2) is 0 Å². The molecular weight excluding hydrogens is 242 g/mol. The monoisotopic (exact) mass is 265 g/mol. The zero-order valence-electron chi connectivity index (χ0n) is 11.5. The third-order valence-corrected chi connectivity index (χ3v) is 3.10. The minimum atomic E-state index is 0.649. The first-order valence-corrected chi connectivity index (χ1v) is 6.85. The standard InChI is InChI=1S/C14H23N3O2/c1-2-19-14-10-12(15)9-13(11-14)16-3-4-17-5-7-18-8-6-17/h9-11,16H,2-8,15H2,1H3. The van der Waals surface area contributed by atoms with E-state index in [9.17, 15) is 0 Å². The molecule has 1 aliphatic heterocycles. The summed E-state index contributed by atoms with van der Waals surface area (Å²) in [5.74, 6) is 0.816. The highest BCUT2D eigenvalue weighted by atomic mass is 16.5. The zero-order chi connectivity index (χ0) is 13.5. The van der Waals surface area contributed by atoms with Gasteiger partial charge in [0.1, 0.15) is 5.75 Å². The SMILES string of the molecule is CCOc1cc(N)cc(NCCN2CCOCC2)c1. The number of rotatable bonds is 6. The van der Waals surface area contributed by atoms with E-state index in [4.69, 9.17) is 15.2 Å². The molecular formula is C14H23N3O2. The highest BCUT2D eigenvalue weighted by Crippen LogP contribution is 2.22. The maximum atomic E-state index is 5.86. The van der Waals surface area contributed by atoms with E-state index in [1.165, 1.54) is 0 Å². The molecule has 106 valence electrons. The Morgan fingerprint density at radius 2 is 2.11 bits per heavy atom. The Labute approximate surface area is 114 Å². The molecule has 1 heterocycles. The molecule has 0 aliphatic carbocycles. The highest BCUT2D eigenvalue weighted by Gasteiger charge is 2.09. The number of anilines is 2. The molecule has 5 nitrogen and oxygen atoms in total. The summed E-state index contributed by atoms with van der Waals surface area (Å²) in [5, 5.41) is 3.39. The summed E-state index contributed by atoms with van der Waals surface area (Å²) in [6.45, 7) is 8.24. The Morgan fingerprint density at radius 1 is 1.32 bits per heavy atom. The lowest BCUT2D eigenvalue weighted by Crippen LogP contribution is -2.39. The Balaban J connectivity index is 1.81. The first kappa shape index (κ1) is 14.0. The van der Waals surface area contributed by atoms with Crippen LogP contribution in [-0.2, 0) is 4.74 Å². The molecule has 1 aliphatic rings. The van der Waals surface area contributed by atoms with Crippen LogP contribution < -0.4 is 15.8 Å². The van der Waals surface area contributed by atoms with Crippen molar-refractivity contribution in [2.24, 2.45) is 0 Å². The van der Waals surface area contributed by atoms with E-state index in [2.05, 4.69) is 10.2 Å². The van der Waals surface area contributed by atoms with Crippen molar-refractivity contribution in [3.8, 4) is 5.75 Å². The van der Waals surface area contributed by atoms with E-state index >= 15 is 0 Å². The van der Waals surface area contributed by atoms with Gasteiger partial charge in [-0.3, -0.25) is 4.90 Å². The van der Waals surface area contributed by atoms with Crippen LogP contribution in [0, 0.1) is 0 Å². The molecule has 0 amide bonds. The van der Waals surface area contributed by atoms with Gasteiger partial charge in [0.2, 0.25) is 0 Å². The first-order valence-electron chi connectivity index (χ1n) is 6.85. The van der Waals surface area contributed by atoms with Crippen molar-refractivity contribution < 1.29 is 9.47 Å². The van der Waals surface area contributed by atoms with Gasteiger partial charge in [0, 0.05) is 49.7 Å². The van der Waals surface area contributed by atoms with Gasteiger partial charge in [0.25, 0.3) is 0 Å². The molecule has 1 fully saturated rings. The van der Waals surface area contributed by atoms with Gasteiger partial charge in [-0.15, -0.1) is 0 Å². The average Bonchev–Trinajstić information content (AvgIpc) is 2.40. The lowest BCUT2D eigenvalue weighted by atomic mass is 10.2. The molecule has 0 atom stereocenters. The minimum Gasteiger partial charge on any atom is -0.494 e. The van der Waals surface area contributed by atoms with Gasteiger partial charge in [-0.1, -0.05) is 0 Å². The second kappa shape index (κ2) is 7.21. The molecule has 1 saturated heterocycles. The Morgan fingerprint density at radius 3 is 2.84 bits per heavy atom. The topological polar surface area (TPSA) is 59.8 Å². The van der Waals surface area contributed by atoms with Gasteiger partial charge < -0.3 is 20.5 Å². The van der Waals surface area contributed by atoms with Gasteiger partial charge in [0.15, 0.2) is 0 Å². The number of nitrogen functional groups attached to an aromatic ring is 1. The summed E-state index contributed by atoms with van der Waals surface area (Å²) in [5.41, 5.74) is 7.59. The molecule has 5 heteroatoms. The van der Waals surface area contributed by atoms with Crippen LogP contribution in [0.3, 0.4) is 0 Å². The van der Waals surface area contributed by atoms with Gasteiger partial charge in [0.05, 0.1) is 19.8 Å². The van der Waals surface area contributed by atoms with E-state index in [-0.39, 0.29) is 0 Å². The van der Waals surface area contributed by atoms with E-state index in [0.29, 0.717) is 6.61 Å². The van der Waals surface area contributed by atoms with Gasteiger partial charge in [-0.2, -0.15) is 0 Å². The van der Waals surface area contributed by atoms with E-state index in [0.717, 1.165) is 56.5 Å². The van der Waals surface area contributed by atoms with Crippen molar-refractivity contribution in [3.05, 3.63) is 18.2 Å². The van der Waals surface area contributed by atoms with Crippen LogP contribution in [-0.4, -0.2) is 50.9 Å². The number of ether oxygens (including phenoxy) is 2. The van der Waals surface area contributed by atoms with Crippen molar-refractivity contribution in [1.29, 1.82) is 0 Å².